The highest BCUT2D eigenvalue weighted by atomic mass is 16.5. The lowest BCUT2D eigenvalue weighted by atomic mass is 10.0. The molecule has 0 fully saturated rings. The third-order valence-corrected chi connectivity index (χ3v) is 4.71. The lowest BCUT2D eigenvalue weighted by molar-refractivity contribution is 0.410. The zero-order valence-corrected chi connectivity index (χ0v) is 13.5. The Balaban J connectivity index is 1.69. The fourth-order valence-electron chi connectivity index (χ4n) is 3.56. The number of rotatable bonds is 3. The highest BCUT2D eigenvalue weighted by Crippen LogP contribution is 2.26. The number of fused-ring (bicyclic) bond motifs is 3. The Morgan fingerprint density at radius 3 is 2.91 bits per heavy atom. The van der Waals surface area contributed by atoms with E-state index in [-0.39, 0.29) is 0 Å². The molecule has 0 radical (unpaired) electrons. The molecular weight excluding hydrogens is 284 g/mol. The van der Waals surface area contributed by atoms with Gasteiger partial charge < -0.3 is 14.6 Å². The monoisotopic (exact) mass is 306 g/mol. The van der Waals surface area contributed by atoms with Crippen molar-refractivity contribution in [1.29, 1.82) is 0 Å². The Morgan fingerprint density at radius 1 is 1.09 bits per heavy atom. The molecule has 0 spiro atoms. The van der Waals surface area contributed by atoms with Gasteiger partial charge in [-0.2, -0.15) is 0 Å². The van der Waals surface area contributed by atoms with E-state index in [2.05, 4.69) is 46.3 Å². The summed E-state index contributed by atoms with van der Waals surface area (Å²) in [6, 6.07) is 17.5. The molecule has 0 unspecified atom stereocenters. The van der Waals surface area contributed by atoms with Gasteiger partial charge in [-0.05, 0) is 35.4 Å². The molecule has 1 aliphatic heterocycles. The van der Waals surface area contributed by atoms with Crippen LogP contribution in [0.4, 0.5) is 0 Å². The van der Waals surface area contributed by atoms with E-state index in [1.165, 1.54) is 27.7 Å². The Kier molecular flexibility index (Phi) is 3.80. The van der Waals surface area contributed by atoms with Gasteiger partial charge >= 0.3 is 0 Å². The first kappa shape index (κ1) is 14.3. The molecule has 4 rings (SSSR count). The van der Waals surface area contributed by atoms with Crippen molar-refractivity contribution in [2.45, 2.75) is 19.4 Å². The van der Waals surface area contributed by atoms with Crippen LogP contribution in [0.5, 0.6) is 5.75 Å². The van der Waals surface area contributed by atoms with E-state index in [1.54, 1.807) is 7.11 Å². The van der Waals surface area contributed by atoms with E-state index in [0.717, 1.165) is 38.2 Å². The third-order valence-electron chi connectivity index (χ3n) is 4.71. The van der Waals surface area contributed by atoms with Crippen LogP contribution >= 0.6 is 0 Å². The van der Waals surface area contributed by atoms with Gasteiger partial charge in [0.25, 0.3) is 0 Å². The van der Waals surface area contributed by atoms with Crippen LogP contribution < -0.4 is 10.1 Å². The van der Waals surface area contributed by atoms with Crippen LogP contribution in [0, 0.1) is 0 Å². The van der Waals surface area contributed by atoms with Gasteiger partial charge in [0.15, 0.2) is 0 Å². The van der Waals surface area contributed by atoms with Gasteiger partial charge in [-0.1, -0.05) is 24.3 Å². The number of para-hydroxylation sites is 1. The molecule has 1 aliphatic rings. The summed E-state index contributed by atoms with van der Waals surface area (Å²) in [6.45, 7) is 3.19. The standard InChI is InChI=1S/C20H22N2O/c1-23-20-5-3-2-4-16(20)12-15-6-7-19-17(13-15)14-18-8-9-21-10-11-22(18)19/h2-7,13-14,21H,8-12H2,1H3. The highest BCUT2D eigenvalue weighted by molar-refractivity contribution is 5.82. The molecular formula is C20H22N2O. The van der Waals surface area contributed by atoms with Gasteiger partial charge in [-0.25, -0.2) is 0 Å². The molecule has 3 aromatic rings. The van der Waals surface area contributed by atoms with Crippen molar-refractivity contribution in [3.63, 3.8) is 0 Å². The second kappa shape index (κ2) is 6.09. The highest BCUT2D eigenvalue weighted by Gasteiger charge is 2.12. The molecule has 118 valence electrons. The van der Waals surface area contributed by atoms with Crippen molar-refractivity contribution < 1.29 is 4.74 Å². The maximum Gasteiger partial charge on any atom is 0.122 e. The minimum Gasteiger partial charge on any atom is -0.496 e. The summed E-state index contributed by atoms with van der Waals surface area (Å²) in [5.74, 6) is 0.964. The molecule has 1 N–H and O–H groups in total. The van der Waals surface area contributed by atoms with Crippen molar-refractivity contribution in [2.75, 3.05) is 20.2 Å². The zero-order valence-electron chi connectivity index (χ0n) is 13.5. The largest absolute Gasteiger partial charge is 0.496 e. The van der Waals surface area contributed by atoms with Crippen LogP contribution in [0.1, 0.15) is 16.8 Å². The van der Waals surface area contributed by atoms with E-state index in [9.17, 15) is 0 Å². The molecule has 1 aromatic heterocycles. The molecule has 0 atom stereocenters. The van der Waals surface area contributed by atoms with E-state index < -0.39 is 0 Å². The number of nitrogens with one attached hydrogen (secondary N) is 1. The van der Waals surface area contributed by atoms with Crippen LogP contribution in [0.2, 0.25) is 0 Å². The van der Waals surface area contributed by atoms with Gasteiger partial charge in [0.1, 0.15) is 5.75 Å². The zero-order chi connectivity index (χ0) is 15.6. The first-order valence-electron chi connectivity index (χ1n) is 8.29. The Bertz CT molecular complexity index is 835. The van der Waals surface area contributed by atoms with E-state index in [4.69, 9.17) is 4.74 Å². The van der Waals surface area contributed by atoms with Crippen molar-refractivity contribution >= 4 is 10.9 Å². The maximum atomic E-state index is 5.47. The number of aromatic nitrogens is 1. The number of ether oxygens (including phenoxy) is 1. The summed E-state index contributed by atoms with van der Waals surface area (Å²) in [5, 5.41) is 4.82. The van der Waals surface area contributed by atoms with Gasteiger partial charge in [0, 0.05) is 49.1 Å². The van der Waals surface area contributed by atoms with E-state index >= 15 is 0 Å². The predicted molar refractivity (Wildman–Crippen MR) is 94.3 cm³/mol. The molecule has 0 saturated carbocycles. The summed E-state index contributed by atoms with van der Waals surface area (Å²) in [4.78, 5) is 0. The second-order valence-corrected chi connectivity index (χ2v) is 6.17. The summed E-state index contributed by atoms with van der Waals surface area (Å²) in [7, 11) is 1.74. The van der Waals surface area contributed by atoms with Crippen LogP contribution in [0.25, 0.3) is 10.9 Å². The molecule has 3 nitrogen and oxygen atoms in total. The summed E-state index contributed by atoms with van der Waals surface area (Å²) >= 11 is 0. The molecule has 2 aromatic carbocycles. The summed E-state index contributed by atoms with van der Waals surface area (Å²) in [5.41, 5.74) is 5.37. The predicted octanol–water partition coefficient (Wildman–Crippen LogP) is 3.39. The fraction of sp³-hybridized carbons (Fsp3) is 0.300. The summed E-state index contributed by atoms with van der Waals surface area (Å²) in [6.07, 6.45) is 2.01. The minimum atomic E-state index is 0.905. The molecule has 0 bridgehead atoms. The fourth-order valence-corrected chi connectivity index (χ4v) is 3.56. The van der Waals surface area contributed by atoms with Crippen LogP contribution in [0.3, 0.4) is 0 Å². The van der Waals surface area contributed by atoms with Gasteiger partial charge in [0.05, 0.1) is 7.11 Å². The van der Waals surface area contributed by atoms with Crippen LogP contribution in [-0.2, 0) is 19.4 Å². The molecule has 0 saturated heterocycles. The lowest BCUT2D eigenvalue weighted by Crippen LogP contribution is -2.17. The first-order chi connectivity index (χ1) is 11.3. The molecule has 0 aliphatic carbocycles. The Morgan fingerprint density at radius 2 is 2.00 bits per heavy atom. The van der Waals surface area contributed by atoms with Gasteiger partial charge in [-0.15, -0.1) is 0 Å². The van der Waals surface area contributed by atoms with Gasteiger partial charge in [-0.3, -0.25) is 0 Å². The van der Waals surface area contributed by atoms with Gasteiger partial charge in [0.2, 0.25) is 0 Å². The smallest absolute Gasteiger partial charge is 0.122 e. The lowest BCUT2D eigenvalue weighted by Gasteiger charge is -2.09. The molecule has 23 heavy (non-hydrogen) atoms. The molecule has 2 heterocycles. The number of nitrogens with zero attached hydrogens (tertiary/aromatic N) is 1. The number of methoxy groups -OCH3 is 1. The molecule has 0 amide bonds. The summed E-state index contributed by atoms with van der Waals surface area (Å²) < 4.78 is 7.93. The van der Waals surface area contributed by atoms with Crippen molar-refractivity contribution in [1.82, 2.24) is 9.88 Å². The van der Waals surface area contributed by atoms with E-state index in [1.807, 2.05) is 12.1 Å². The SMILES string of the molecule is COc1ccccc1Cc1ccc2c(c1)cc1n2CCNCC1. The Hall–Kier alpha value is -2.26. The van der Waals surface area contributed by atoms with Crippen LogP contribution in [-0.4, -0.2) is 24.8 Å². The number of benzene rings is 2. The number of hydrogen-bond acceptors (Lipinski definition) is 2. The minimum absolute atomic E-state index is 0.905. The normalized spacial score (nSPS) is 14.5. The average Bonchev–Trinajstić information content (AvgIpc) is 2.76. The van der Waals surface area contributed by atoms with Crippen molar-refractivity contribution in [3.05, 3.63) is 65.4 Å². The average molecular weight is 306 g/mol. The van der Waals surface area contributed by atoms with Crippen LogP contribution in [0.15, 0.2) is 48.5 Å². The Labute approximate surface area is 136 Å². The molecule has 3 heteroatoms. The maximum absolute atomic E-state index is 5.47. The van der Waals surface area contributed by atoms with Crippen molar-refractivity contribution in [2.24, 2.45) is 0 Å². The van der Waals surface area contributed by atoms with E-state index in [0.29, 0.717) is 0 Å². The topological polar surface area (TPSA) is 26.2 Å². The van der Waals surface area contributed by atoms with Crippen molar-refractivity contribution in [3.8, 4) is 5.75 Å². The number of hydrogen-bond donors (Lipinski definition) is 1. The third kappa shape index (κ3) is 2.73. The second-order valence-electron chi connectivity index (χ2n) is 6.17. The quantitative estimate of drug-likeness (QED) is 0.803. The first-order valence-corrected chi connectivity index (χ1v) is 8.29.